The Labute approximate surface area is 123 Å². The van der Waals surface area contributed by atoms with Crippen LogP contribution in [0.5, 0.6) is 0 Å². The second-order valence-corrected chi connectivity index (χ2v) is 6.47. The van der Waals surface area contributed by atoms with E-state index in [2.05, 4.69) is 4.72 Å². The molecule has 0 radical (unpaired) electrons. The SMILES string of the molecule is CCCCN(C)S(=O)(=O)Nc1ccc(C(=O)O)c(Cl)c1. The summed E-state index contributed by atoms with van der Waals surface area (Å²) in [6.07, 6.45) is 1.65. The first-order chi connectivity index (χ1) is 9.27. The van der Waals surface area contributed by atoms with Gasteiger partial charge in [0.05, 0.1) is 16.3 Å². The smallest absolute Gasteiger partial charge is 0.337 e. The zero-order chi connectivity index (χ0) is 15.3. The highest BCUT2D eigenvalue weighted by Gasteiger charge is 2.18. The molecule has 1 rings (SSSR count). The lowest BCUT2D eigenvalue weighted by Crippen LogP contribution is -2.33. The first-order valence-corrected chi connectivity index (χ1v) is 7.86. The molecule has 0 aliphatic carbocycles. The Kier molecular flexibility index (Phi) is 5.79. The molecule has 0 aliphatic heterocycles. The number of carbonyl (C=O) groups is 1. The van der Waals surface area contributed by atoms with E-state index in [1.54, 1.807) is 0 Å². The van der Waals surface area contributed by atoms with Crippen LogP contribution in [-0.4, -0.2) is 37.4 Å². The lowest BCUT2D eigenvalue weighted by molar-refractivity contribution is 0.0697. The van der Waals surface area contributed by atoms with Crippen molar-refractivity contribution >= 4 is 33.5 Å². The molecule has 1 aromatic carbocycles. The Hall–Kier alpha value is -1.31. The molecule has 0 saturated carbocycles. The highest BCUT2D eigenvalue weighted by Crippen LogP contribution is 2.22. The Morgan fingerprint density at radius 3 is 2.60 bits per heavy atom. The average molecular weight is 321 g/mol. The van der Waals surface area contributed by atoms with Crippen LogP contribution in [0.25, 0.3) is 0 Å². The number of halogens is 1. The van der Waals surface area contributed by atoms with Gasteiger partial charge in [0.2, 0.25) is 0 Å². The van der Waals surface area contributed by atoms with E-state index in [1.165, 1.54) is 29.6 Å². The maximum atomic E-state index is 12.0. The van der Waals surface area contributed by atoms with Gasteiger partial charge in [0.1, 0.15) is 0 Å². The quantitative estimate of drug-likeness (QED) is 0.807. The third kappa shape index (κ3) is 4.36. The highest BCUT2D eigenvalue weighted by atomic mass is 35.5. The van der Waals surface area contributed by atoms with Crippen molar-refractivity contribution in [2.45, 2.75) is 19.8 Å². The minimum Gasteiger partial charge on any atom is -0.478 e. The number of anilines is 1. The summed E-state index contributed by atoms with van der Waals surface area (Å²) in [5, 5.41) is 8.82. The minimum atomic E-state index is -3.66. The normalized spacial score (nSPS) is 11.6. The monoisotopic (exact) mass is 320 g/mol. The molecule has 2 N–H and O–H groups in total. The van der Waals surface area contributed by atoms with Crippen molar-refractivity contribution in [1.82, 2.24) is 4.31 Å². The zero-order valence-corrected chi connectivity index (χ0v) is 12.8. The average Bonchev–Trinajstić information content (AvgIpc) is 2.34. The van der Waals surface area contributed by atoms with Crippen LogP contribution >= 0.6 is 11.6 Å². The van der Waals surface area contributed by atoms with E-state index in [9.17, 15) is 13.2 Å². The van der Waals surface area contributed by atoms with Crippen molar-refractivity contribution in [2.24, 2.45) is 0 Å². The van der Waals surface area contributed by atoms with Gasteiger partial charge < -0.3 is 5.11 Å². The van der Waals surface area contributed by atoms with Gasteiger partial charge in [-0.3, -0.25) is 4.72 Å². The summed E-state index contributed by atoms with van der Waals surface area (Å²) in [6.45, 7) is 2.38. The number of unbranched alkanes of at least 4 members (excludes halogenated alkanes) is 1. The number of nitrogens with one attached hydrogen (secondary N) is 1. The van der Waals surface area contributed by atoms with Crippen molar-refractivity contribution in [1.29, 1.82) is 0 Å². The van der Waals surface area contributed by atoms with Crippen molar-refractivity contribution in [2.75, 3.05) is 18.3 Å². The second-order valence-electron chi connectivity index (χ2n) is 4.28. The van der Waals surface area contributed by atoms with E-state index < -0.39 is 16.2 Å². The summed E-state index contributed by atoms with van der Waals surface area (Å²) in [7, 11) is -2.18. The summed E-state index contributed by atoms with van der Waals surface area (Å²) in [5.41, 5.74) is 0.150. The van der Waals surface area contributed by atoms with Gasteiger partial charge in [-0.25, -0.2) is 4.79 Å². The molecule has 0 spiro atoms. The standard InChI is InChI=1S/C12H17ClN2O4S/c1-3-4-7-15(2)20(18,19)14-9-5-6-10(12(16)17)11(13)8-9/h5-6,8,14H,3-4,7H2,1-2H3,(H,16,17). The van der Waals surface area contributed by atoms with Crippen LogP contribution in [0.4, 0.5) is 5.69 Å². The number of hydrogen-bond donors (Lipinski definition) is 2. The van der Waals surface area contributed by atoms with Crippen molar-refractivity contribution in [3.8, 4) is 0 Å². The Morgan fingerprint density at radius 2 is 2.10 bits per heavy atom. The molecular formula is C12H17ClN2O4S. The fourth-order valence-electron chi connectivity index (χ4n) is 1.48. The molecule has 0 heterocycles. The van der Waals surface area contributed by atoms with E-state index >= 15 is 0 Å². The van der Waals surface area contributed by atoms with Gasteiger partial charge in [0.15, 0.2) is 0 Å². The molecule has 0 aromatic heterocycles. The third-order valence-electron chi connectivity index (χ3n) is 2.68. The van der Waals surface area contributed by atoms with Crippen LogP contribution in [-0.2, 0) is 10.2 Å². The summed E-state index contributed by atoms with van der Waals surface area (Å²) in [5.74, 6) is -1.16. The van der Waals surface area contributed by atoms with Crippen LogP contribution in [0.1, 0.15) is 30.1 Å². The summed E-state index contributed by atoms with van der Waals surface area (Å²) in [4.78, 5) is 10.8. The number of hydrogen-bond acceptors (Lipinski definition) is 3. The number of nitrogens with zero attached hydrogens (tertiary/aromatic N) is 1. The second kappa shape index (κ2) is 6.92. The first kappa shape index (κ1) is 16.7. The number of aromatic carboxylic acids is 1. The number of rotatable bonds is 7. The van der Waals surface area contributed by atoms with Crippen LogP contribution in [0, 0.1) is 0 Å². The molecule has 0 unspecified atom stereocenters. The van der Waals surface area contributed by atoms with E-state index in [-0.39, 0.29) is 16.3 Å². The fraction of sp³-hybridized carbons (Fsp3) is 0.417. The van der Waals surface area contributed by atoms with E-state index in [0.717, 1.165) is 12.8 Å². The molecule has 0 saturated heterocycles. The van der Waals surface area contributed by atoms with Crippen molar-refractivity contribution < 1.29 is 18.3 Å². The van der Waals surface area contributed by atoms with E-state index in [0.29, 0.717) is 6.54 Å². The molecule has 0 amide bonds. The molecule has 20 heavy (non-hydrogen) atoms. The predicted octanol–water partition coefficient (Wildman–Crippen LogP) is 2.43. The van der Waals surface area contributed by atoms with Crippen LogP contribution in [0.15, 0.2) is 18.2 Å². The van der Waals surface area contributed by atoms with Crippen LogP contribution in [0.3, 0.4) is 0 Å². The van der Waals surface area contributed by atoms with Crippen LogP contribution < -0.4 is 4.72 Å². The number of carboxylic acid groups (broad SMARTS) is 1. The van der Waals surface area contributed by atoms with Crippen LogP contribution in [0.2, 0.25) is 5.02 Å². The van der Waals surface area contributed by atoms with Crippen molar-refractivity contribution in [3.05, 3.63) is 28.8 Å². The molecule has 6 nitrogen and oxygen atoms in total. The largest absolute Gasteiger partial charge is 0.478 e. The van der Waals surface area contributed by atoms with Gasteiger partial charge >= 0.3 is 16.2 Å². The molecule has 112 valence electrons. The predicted molar refractivity (Wildman–Crippen MR) is 78.5 cm³/mol. The molecule has 8 heteroatoms. The Bertz CT molecular complexity index is 589. The van der Waals surface area contributed by atoms with Gasteiger partial charge in [-0.1, -0.05) is 24.9 Å². The van der Waals surface area contributed by atoms with E-state index in [4.69, 9.17) is 16.7 Å². The number of benzene rings is 1. The molecule has 1 aromatic rings. The van der Waals surface area contributed by atoms with Gasteiger partial charge in [0.25, 0.3) is 0 Å². The molecule has 0 aliphatic rings. The van der Waals surface area contributed by atoms with Gasteiger partial charge in [-0.2, -0.15) is 12.7 Å². The lowest BCUT2D eigenvalue weighted by atomic mass is 10.2. The minimum absolute atomic E-state index is 0.0195. The fourth-order valence-corrected chi connectivity index (χ4v) is 2.69. The maximum absolute atomic E-state index is 12.0. The summed E-state index contributed by atoms with van der Waals surface area (Å²) < 4.78 is 27.5. The zero-order valence-electron chi connectivity index (χ0n) is 11.3. The molecule has 0 atom stereocenters. The Balaban J connectivity index is 2.87. The highest BCUT2D eigenvalue weighted by molar-refractivity contribution is 7.90. The molecule has 0 bridgehead atoms. The summed E-state index contributed by atoms with van der Waals surface area (Å²) in [6, 6.07) is 3.89. The van der Waals surface area contributed by atoms with Gasteiger partial charge in [0, 0.05) is 13.6 Å². The number of carboxylic acids is 1. The summed E-state index contributed by atoms with van der Waals surface area (Å²) >= 11 is 5.79. The first-order valence-electron chi connectivity index (χ1n) is 6.05. The third-order valence-corrected chi connectivity index (χ3v) is 4.49. The van der Waals surface area contributed by atoms with Gasteiger partial charge in [-0.15, -0.1) is 0 Å². The maximum Gasteiger partial charge on any atom is 0.337 e. The molecule has 0 fully saturated rings. The Morgan fingerprint density at radius 1 is 1.45 bits per heavy atom. The lowest BCUT2D eigenvalue weighted by Gasteiger charge is -2.18. The van der Waals surface area contributed by atoms with Crippen molar-refractivity contribution in [3.63, 3.8) is 0 Å². The topological polar surface area (TPSA) is 86.7 Å². The van der Waals surface area contributed by atoms with E-state index in [1.807, 2.05) is 6.92 Å². The van der Waals surface area contributed by atoms with Gasteiger partial charge in [-0.05, 0) is 24.6 Å². The molecular weight excluding hydrogens is 304 g/mol.